The quantitative estimate of drug-likeness (QED) is 0.174. The number of azo groups is 1. The molecule has 11 nitrogen and oxygen atoms in total. The monoisotopic (exact) mass is 643 g/mol. The minimum Gasteiger partial charge on any atom is -0.382 e. The summed E-state index contributed by atoms with van der Waals surface area (Å²) < 4.78 is 1.83. The smallest absolute Gasteiger partial charge is 0.251 e. The van der Waals surface area contributed by atoms with Crippen LogP contribution < -0.4 is 5.73 Å². The lowest BCUT2D eigenvalue weighted by Gasteiger charge is -2.38. The van der Waals surface area contributed by atoms with Gasteiger partial charge < -0.3 is 15.5 Å². The molecule has 2 atom stereocenters. The Kier molecular flexibility index (Phi) is 14.4. The van der Waals surface area contributed by atoms with Crippen LogP contribution in [0.5, 0.6) is 0 Å². The fourth-order valence-electron chi connectivity index (χ4n) is 6.09. The molecule has 3 rings (SSSR count). The van der Waals surface area contributed by atoms with E-state index in [0.29, 0.717) is 35.9 Å². The van der Waals surface area contributed by atoms with Gasteiger partial charge in [0.25, 0.3) is 5.13 Å². The first kappa shape index (κ1) is 36.6. The highest BCUT2D eigenvalue weighted by molar-refractivity contribution is 7.13. The summed E-state index contributed by atoms with van der Waals surface area (Å²) >= 11 is 1.30. The summed E-state index contributed by atoms with van der Waals surface area (Å²) in [6.45, 7) is 17.8. The van der Waals surface area contributed by atoms with Gasteiger partial charge in [-0.3, -0.25) is 9.59 Å². The van der Waals surface area contributed by atoms with Gasteiger partial charge in [0, 0.05) is 43.4 Å². The molecular weight excluding hydrogens is 586 g/mol. The Labute approximate surface area is 274 Å². The molecule has 2 aromatic rings. The van der Waals surface area contributed by atoms with Crippen molar-refractivity contribution in [2.24, 2.45) is 22.1 Å². The molecule has 2 heterocycles. The number of anilines is 1. The van der Waals surface area contributed by atoms with E-state index in [1.54, 1.807) is 5.51 Å². The van der Waals surface area contributed by atoms with Crippen molar-refractivity contribution in [1.82, 2.24) is 29.8 Å². The van der Waals surface area contributed by atoms with Crippen LogP contribution in [0.3, 0.4) is 0 Å². The molecule has 1 aliphatic carbocycles. The van der Waals surface area contributed by atoms with Gasteiger partial charge in [0.2, 0.25) is 11.8 Å². The average Bonchev–Trinajstić information content (AvgIpc) is 3.67. The maximum Gasteiger partial charge on any atom is 0.251 e. The number of nitrogen functional groups attached to an aromatic ring is 1. The minimum atomic E-state index is -0.359. The van der Waals surface area contributed by atoms with Crippen molar-refractivity contribution < 1.29 is 9.59 Å². The highest BCUT2D eigenvalue weighted by Gasteiger charge is 2.41. The predicted molar refractivity (Wildman–Crippen MR) is 182 cm³/mol. The van der Waals surface area contributed by atoms with Crippen LogP contribution in [0.25, 0.3) is 0 Å². The van der Waals surface area contributed by atoms with Crippen molar-refractivity contribution in [1.29, 1.82) is 0 Å². The third kappa shape index (κ3) is 10.0. The number of hydrogen-bond acceptors (Lipinski definition) is 9. The van der Waals surface area contributed by atoms with E-state index in [2.05, 4.69) is 68.9 Å². The average molecular weight is 644 g/mol. The Morgan fingerprint density at radius 1 is 0.867 bits per heavy atom. The second-order valence-corrected chi connectivity index (χ2v) is 14.3. The third-order valence-corrected chi connectivity index (χ3v) is 9.27. The van der Waals surface area contributed by atoms with Gasteiger partial charge in [-0.1, -0.05) is 85.5 Å². The van der Waals surface area contributed by atoms with Crippen LogP contribution in [-0.2, 0) is 15.0 Å². The molecule has 0 radical (unpaired) electrons. The van der Waals surface area contributed by atoms with Crippen LogP contribution in [0.15, 0.2) is 15.7 Å². The topological polar surface area (TPSA) is 135 Å². The van der Waals surface area contributed by atoms with E-state index < -0.39 is 0 Å². The van der Waals surface area contributed by atoms with E-state index in [1.807, 2.05) is 14.5 Å². The van der Waals surface area contributed by atoms with E-state index >= 15 is 0 Å². The Bertz CT molecular complexity index is 1170. The second-order valence-electron chi connectivity index (χ2n) is 13.5. The molecular formula is C33H57N9O2S. The number of aromatic nitrogens is 4. The summed E-state index contributed by atoms with van der Waals surface area (Å²) in [5.41, 5.74) is 9.30. The van der Waals surface area contributed by atoms with E-state index in [4.69, 9.17) is 10.8 Å². The third-order valence-electron chi connectivity index (χ3n) is 8.69. The Balaban J connectivity index is 2.03. The van der Waals surface area contributed by atoms with E-state index in [1.165, 1.54) is 11.3 Å². The highest BCUT2D eigenvalue weighted by Crippen LogP contribution is 2.44. The molecule has 0 saturated heterocycles. The van der Waals surface area contributed by atoms with Crippen molar-refractivity contribution in [3.05, 3.63) is 11.2 Å². The predicted octanol–water partition coefficient (Wildman–Crippen LogP) is 7.84. The molecule has 1 aliphatic rings. The molecule has 252 valence electrons. The first-order valence-electron chi connectivity index (χ1n) is 17.2. The molecule has 1 fully saturated rings. The molecule has 0 aliphatic heterocycles. The van der Waals surface area contributed by atoms with Gasteiger partial charge in [-0.05, 0) is 44.9 Å². The van der Waals surface area contributed by atoms with Gasteiger partial charge in [0.15, 0.2) is 5.69 Å². The number of nitrogens with two attached hydrogens (primary N) is 1. The Morgan fingerprint density at radius 3 is 1.76 bits per heavy atom. The number of unbranched alkanes of at least 4 members (excludes halogenated alkanes) is 4. The van der Waals surface area contributed by atoms with Gasteiger partial charge in [0.1, 0.15) is 11.3 Å². The van der Waals surface area contributed by atoms with Crippen molar-refractivity contribution in [2.75, 3.05) is 31.9 Å². The second kappa shape index (κ2) is 17.7. The first-order valence-corrected chi connectivity index (χ1v) is 18.1. The van der Waals surface area contributed by atoms with E-state index in [9.17, 15) is 9.59 Å². The Hall–Kier alpha value is -2.89. The summed E-state index contributed by atoms with van der Waals surface area (Å²) in [4.78, 5) is 32.5. The maximum absolute atomic E-state index is 14.2. The van der Waals surface area contributed by atoms with Gasteiger partial charge >= 0.3 is 0 Å². The van der Waals surface area contributed by atoms with Crippen LogP contribution in [0, 0.1) is 11.8 Å². The zero-order valence-electron chi connectivity index (χ0n) is 28.8. The van der Waals surface area contributed by atoms with Crippen molar-refractivity contribution in [3.8, 4) is 0 Å². The summed E-state index contributed by atoms with van der Waals surface area (Å²) in [6, 6.07) is -0.216. The molecule has 0 aromatic carbocycles. The molecule has 1 saturated carbocycles. The fraction of sp³-hybridized carbons (Fsp3) is 0.788. The van der Waals surface area contributed by atoms with Gasteiger partial charge in [-0.2, -0.15) is 5.10 Å². The van der Waals surface area contributed by atoms with Crippen molar-refractivity contribution >= 4 is 39.8 Å². The van der Waals surface area contributed by atoms with Crippen LogP contribution in [0.1, 0.15) is 131 Å². The van der Waals surface area contributed by atoms with Gasteiger partial charge in [-0.25, -0.2) is 4.68 Å². The molecule has 0 spiro atoms. The van der Waals surface area contributed by atoms with E-state index in [-0.39, 0.29) is 35.1 Å². The van der Waals surface area contributed by atoms with Crippen LogP contribution in [0.2, 0.25) is 0 Å². The van der Waals surface area contributed by atoms with Crippen LogP contribution in [-0.4, -0.2) is 67.8 Å². The first-order chi connectivity index (χ1) is 21.5. The molecule has 2 amide bonds. The highest BCUT2D eigenvalue weighted by atomic mass is 32.1. The molecule has 0 bridgehead atoms. The van der Waals surface area contributed by atoms with Crippen molar-refractivity contribution in [2.45, 2.75) is 131 Å². The van der Waals surface area contributed by atoms with Crippen LogP contribution in [0.4, 0.5) is 16.6 Å². The Morgan fingerprint density at radius 2 is 1.36 bits per heavy atom. The molecule has 2 unspecified atom stereocenters. The normalized spacial score (nSPS) is 18.9. The van der Waals surface area contributed by atoms with E-state index in [0.717, 1.165) is 83.2 Å². The number of carbonyl (C=O) groups is 2. The summed E-state index contributed by atoms with van der Waals surface area (Å²) in [7, 11) is 0. The summed E-state index contributed by atoms with van der Waals surface area (Å²) in [6.07, 6.45) is 9.74. The number of nitrogens with zero attached hydrogens (tertiary/aromatic N) is 8. The molecule has 2 N–H and O–H groups in total. The van der Waals surface area contributed by atoms with Crippen LogP contribution >= 0.6 is 11.3 Å². The standard InChI is InChI=1S/C33H57N9O2S/c1-8-12-16-40(17-13-9-2)30(43)24-20-25(31(44)41(18-14-10-3)19-15-11-4)22-26(21-24)42-29(34)27(28(39-42)33(5,6)7)36-38-32-37-35-23-45-32/h23-26H,8-22,34H2,1-7H3. The SMILES string of the molecule is CCCCN(CCCC)C(=O)C1CC(C(=O)N(CCCC)CCCC)CC(n2nc(C(C)(C)C)c(N=Nc3nncs3)c2N)C1. The molecule has 45 heavy (non-hydrogen) atoms. The molecule has 2 aromatic heterocycles. The lowest BCUT2D eigenvalue weighted by atomic mass is 9.77. The number of hydrogen-bond donors (Lipinski definition) is 1. The largest absolute Gasteiger partial charge is 0.382 e. The zero-order valence-corrected chi connectivity index (χ0v) is 29.6. The zero-order chi connectivity index (χ0) is 33.0. The number of carbonyl (C=O) groups excluding carboxylic acids is 2. The van der Waals surface area contributed by atoms with Gasteiger partial charge in [0.05, 0.1) is 11.7 Å². The lowest BCUT2D eigenvalue weighted by molar-refractivity contribution is -0.142. The van der Waals surface area contributed by atoms with Gasteiger partial charge in [-0.15, -0.1) is 20.4 Å². The number of amides is 2. The number of rotatable bonds is 17. The summed E-state index contributed by atoms with van der Waals surface area (Å²) in [5.74, 6) is 0.162. The van der Waals surface area contributed by atoms with Crippen molar-refractivity contribution in [3.63, 3.8) is 0 Å². The summed E-state index contributed by atoms with van der Waals surface area (Å²) in [5, 5.41) is 22.1. The lowest BCUT2D eigenvalue weighted by Crippen LogP contribution is -2.45. The maximum atomic E-state index is 14.2. The molecule has 12 heteroatoms. The fourth-order valence-corrected chi connectivity index (χ4v) is 6.46. The minimum absolute atomic E-state index is 0.158.